The number of likely N-dealkylation sites (tertiary alicyclic amines) is 1. The number of urea groups is 1. The molecule has 0 bridgehead atoms. The number of rotatable bonds is 7. The van der Waals surface area contributed by atoms with E-state index >= 15 is 0 Å². The third-order valence-corrected chi connectivity index (χ3v) is 6.62. The van der Waals surface area contributed by atoms with E-state index in [-0.39, 0.29) is 24.5 Å². The number of ether oxygens (including phenoxy) is 1. The van der Waals surface area contributed by atoms with Gasteiger partial charge in [-0.2, -0.15) is 0 Å². The summed E-state index contributed by atoms with van der Waals surface area (Å²) in [6, 6.07) is 17.4. The van der Waals surface area contributed by atoms with Crippen molar-refractivity contribution >= 4 is 11.9 Å². The number of carbonyl (C=O) groups excluding carboxylic acids is 2. The van der Waals surface area contributed by atoms with Gasteiger partial charge in [-0.05, 0) is 48.1 Å². The number of amides is 3. The zero-order valence-electron chi connectivity index (χ0n) is 20.3. The van der Waals surface area contributed by atoms with Crippen LogP contribution in [0.4, 0.5) is 4.79 Å². The number of hydrogen-bond donors (Lipinski definition) is 2. The first-order valence-electron chi connectivity index (χ1n) is 12.0. The lowest BCUT2D eigenvalue weighted by Gasteiger charge is -2.38. The molecular formula is C27H35N3O4. The van der Waals surface area contributed by atoms with Crippen LogP contribution in [0.1, 0.15) is 44.7 Å². The minimum absolute atomic E-state index is 0.000936. The van der Waals surface area contributed by atoms with Gasteiger partial charge in [0.2, 0.25) is 0 Å². The van der Waals surface area contributed by atoms with Gasteiger partial charge in [0.05, 0.1) is 6.54 Å². The summed E-state index contributed by atoms with van der Waals surface area (Å²) in [4.78, 5) is 29.3. The van der Waals surface area contributed by atoms with E-state index in [1.807, 2.05) is 42.5 Å². The fourth-order valence-corrected chi connectivity index (χ4v) is 4.75. The van der Waals surface area contributed by atoms with Gasteiger partial charge in [-0.25, -0.2) is 4.79 Å². The molecule has 2 fully saturated rings. The van der Waals surface area contributed by atoms with Gasteiger partial charge in [-0.15, -0.1) is 0 Å². The van der Waals surface area contributed by atoms with Crippen molar-refractivity contribution in [1.82, 2.24) is 15.1 Å². The zero-order chi connectivity index (χ0) is 24.3. The van der Waals surface area contributed by atoms with E-state index < -0.39 is 17.7 Å². The van der Waals surface area contributed by atoms with Crippen LogP contribution in [0.5, 0.6) is 5.75 Å². The molecule has 0 radical (unpaired) electrons. The van der Waals surface area contributed by atoms with E-state index in [0.717, 1.165) is 24.4 Å². The van der Waals surface area contributed by atoms with Crippen molar-refractivity contribution < 1.29 is 19.4 Å². The van der Waals surface area contributed by atoms with E-state index in [1.54, 1.807) is 0 Å². The molecule has 2 N–H and O–H groups in total. The Labute approximate surface area is 201 Å². The summed E-state index contributed by atoms with van der Waals surface area (Å²) in [5, 5.41) is 13.4. The van der Waals surface area contributed by atoms with Crippen LogP contribution in [0.3, 0.4) is 0 Å². The Kier molecular flexibility index (Phi) is 6.96. The molecule has 2 aromatic carbocycles. The third kappa shape index (κ3) is 5.42. The monoisotopic (exact) mass is 465 g/mol. The number of hydrogen-bond acceptors (Lipinski definition) is 5. The van der Waals surface area contributed by atoms with E-state index in [2.05, 4.69) is 43.1 Å². The van der Waals surface area contributed by atoms with E-state index in [4.69, 9.17) is 4.74 Å². The van der Waals surface area contributed by atoms with E-state index in [0.29, 0.717) is 18.7 Å². The number of β-amino-alcohol motifs (C(OH)–C–C–N with tert-alkyl or cyclic N) is 1. The molecule has 2 aromatic rings. The molecule has 0 aliphatic carbocycles. The number of aliphatic hydroxyl groups is 1. The summed E-state index contributed by atoms with van der Waals surface area (Å²) in [5.74, 6) is 0.383. The second-order valence-electron chi connectivity index (χ2n) is 10.5. The summed E-state index contributed by atoms with van der Waals surface area (Å²) in [7, 11) is 0. The largest absolute Gasteiger partial charge is 0.491 e. The molecule has 2 saturated heterocycles. The Hall–Kier alpha value is -2.90. The molecule has 2 unspecified atom stereocenters. The first-order chi connectivity index (χ1) is 16.2. The molecule has 2 heterocycles. The fraction of sp³-hybridized carbons (Fsp3) is 0.481. The molecule has 182 valence electrons. The van der Waals surface area contributed by atoms with Crippen molar-refractivity contribution in [3.05, 3.63) is 65.7 Å². The summed E-state index contributed by atoms with van der Waals surface area (Å²) >= 11 is 0. The normalized spacial score (nSPS) is 22.2. The smallest absolute Gasteiger partial charge is 0.325 e. The molecule has 0 aromatic heterocycles. The Morgan fingerprint density at radius 2 is 1.79 bits per heavy atom. The molecule has 4 rings (SSSR count). The predicted octanol–water partition coefficient (Wildman–Crippen LogP) is 3.31. The van der Waals surface area contributed by atoms with Gasteiger partial charge in [0.25, 0.3) is 5.91 Å². The second kappa shape index (κ2) is 9.76. The van der Waals surface area contributed by atoms with Gasteiger partial charge in [0, 0.05) is 13.1 Å². The van der Waals surface area contributed by atoms with Crippen molar-refractivity contribution in [3.63, 3.8) is 0 Å². The molecule has 0 saturated carbocycles. The van der Waals surface area contributed by atoms with E-state index in [1.165, 1.54) is 11.1 Å². The molecule has 34 heavy (non-hydrogen) atoms. The Morgan fingerprint density at radius 1 is 1.09 bits per heavy atom. The molecule has 7 heteroatoms. The zero-order valence-corrected chi connectivity index (χ0v) is 20.3. The standard InChI is InChI=1S/C27H35N3O4/c1-26(2,3)21-10-12-23(13-11-21)34-18-22(31)17-30-24(32)27(28-25(30)33)14-7-15-29(19-27)16-20-8-5-4-6-9-20/h4-6,8-13,22,31H,7,14-19H2,1-3H3,(H,28,33). The van der Waals surface area contributed by atoms with Crippen LogP contribution in [0.15, 0.2) is 54.6 Å². The number of imide groups is 1. The lowest BCUT2D eigenvalue weighted by atomic mass is 9.87. The van der Waals surface area contributed by atoms with Crippen LogP contribution in [-0.2, 0) is 16.8 Å². The lowest BCUT2D eigenvalue weighted by molar-refractivity contribution is -0.134. The molecule has 7 nitrogen and oxygen atoms in total. The topological polar surface area (TPSA) is 82.1 Å². The minimum atomic E-state index is -0.976. The highest BCUT2D eigenvalue weighted by Gasteiger charge is 2.53. The van der Waals surface area contributed by atoms with Crippen molar-refractivity contribution in [2.75, 3.05) is 26.2 Å². The van der Waals surface area contributed by atoms with E-state index in [9.17, 15) is 14.7 Å². The average Bonchev–Trinajstić information content (AvgIpc) is 3.02. The average molecular weight is 466 g/mol. The highest BCUT2D eigenvalue weighted by Crippen LogP contribution is 2.29. The van der Waals surface area contributed by atoms with Crippen molar-refractivity contribution in [1.29, 1.82) is 0 Å². The third-order valence-electron chi connectivity index (χ3n) is 6.62. The number of piperidine rings is 1. The van der Waals surface area contributed by atoms with Gasteiger partial charge in [-0.1, -0.05) is 63.2 Å². The SMILES string of the molecule is CC(C)(C)c1ccc(OCC(O)CN2C(=O)NC3(CCCN(Cc4ccccc4)C3)C2=O)cc1. The number of benzene rings is 2. The maximum Gasteiger partial charge on any atom is 0.325 e. The summed E-state index contributed by atoms with van der Waals surface area (Å²) < 4.78 is 5.71. The minimum Gasteiger partial charge on any atom is -0.491 e. The highest BCUT2D eigenvalue weighted by atomic mass is 16.5. The summed E-state index contributed by atoms with van der Waals surface area (Å²) in [5.41, 5.74) is 1.50. The lowest BCUT2D eigenvalue weighted by Crippen LogP contribution is -2.58. The Bertz CT molecular complexity index is 1000. The molecule has 1 spiro atoms. The van der Waals surface area contributed by atoms with Gasteiger partial charge < -0.3 is 15.2 Å². The Morgan fingerprint density at radius 3 is 2.47 bits per heavy atom. The van der Waals surface area contributed by atoms with Crippen LogP contribution in [0.2, 0.25) is 0 Å². The van der Waals surface area contributed by atoms with Crippen LogP contribution in [0.25, 0.3) is 0 Å². The maximum atomic E-state index is 13.3. The number of nitrogens with zero attached hydrogens (tertiary/aromatic N) is 2. The molecule has 2 atom stereocenters. The quantitative estimate of drug-likeness (QED) is 0.613. The number of nitrogens with one attached hydrogen (secondary N) is 1. The first kappa shape index (κ1) is 24.2. The maximum absolute atomic E-state index is 13.3. The fourth-order valence-electron chi connectivity index (χ4n) is 4.75. The number of carbonyl (C=O) groups is 2. The first-order valence-corrected chi connectivity index (χ1v) is 12.0. The van der Waals surface area contributed by atoms with Gasteiger partial charge in [0.1, 0.15) is 24.0 Å². The van der Waals surface area contributed by atoms with Gasteiger partial charge >= 0.3 is 6.03 Å². The van der Waals surface area contributed by atoms with Crippen molar-refractivity contribution in [3.8, 4) is 5.75 Å². The summed E-state index contributed by atoms with van der Waals surface area (Å²) in [6.07, 6.45) is 0.450. The molecular weight excluding hydrogens is 430 g/mol. The summed E-state index contributed by atoms with van der Waals surface area (Å²) in [6.45, 7) is 8.42. The highest BCUT2D eigenvalue weighted by molar-refractivity contribution is 6.07. The Balaban J connectivity index is 1.33. The van der Waals surface area contributed by atoms with Crippen LogP contribution in [-0.4, -0.2) is 64.7 Å². The van der Waals surface area contributed by atoms with Crippen molar-refractivity contribution in [2.45, 2.75) is 57.2 Å². The van der Waals surface area contributed by atoms with Crippen LogP contribution < -0.4 is 10.1 Å². The van der Waals surface area contributed by atoms with Crippen molar-refractivity contribution in [2.24, 2.45) is 0 Å². The second-order valence-corrected chi connectivity index (χ2v) is 10.5. The van der Waals surface area contributed by atoms with Gasteiger partial charge in [0.15, 0.2) is 0 Å². The predicted molar refractivity (Wildman–Crippen MR) is 131 cm³/mol. The van der Waals surface area contributed by atoms with Crippen LogP contribution in [0, 0.1) is 0 Å². The molecule has 2 aliphatic rings. The molecule has 2 aliphatic heterocycles. The molecule has 3 amide bonds. The van der Waals surface area contributed by atoms with Gasteiger partial charge in [-0.3, -0.25) is 14.6 Å². The van der Waals surface area contributed by atoms with Crippen LogP contribution >= 0.6 is 0 Å². The number of aliphatic hydroxyl groups excluding tert-OH is 1.